The third-order valence-corrected chi connectivity index (χ3v) is 3.14. The Kier molecular flexibility index (Phi) is 4.55. The lowest BCUT2D eigenvalue weighted by Crippen LogP contribution is -2.01. The molecule has 1 aromatic heterocycles. The van der Waals surface area contributed by atoms with Gasteiger partial charge in [-0.1, -0.05) is 72.8 Å². The highest BCUT2D eigenvalue weighted by molar-refractivity contribution is 5.69. The first kappa shape index (κ1) is 14.7. The first-order valence-corrected chi connectivity index (χ1v) is 7.27. The predicted octanol–water partition coefficient (Wildman–Crippen LogP) is 3.79. The van der Waals surface area contributed by atoms with E-state index in [-0.39, 0.29) is 5.95 Å². The van der Waals surface area contributed by atoms with Crippen molar-refractivity contribution in [1.82, 2.24) is 15.0 Å². The topological polar surface area (TPSA) is 64.7 Å². The summed E-state index contributed by atoms with van der Waals surface area (Å²) in [5.41, 5.74) is 7.92. The molecule has 0 fully saturated rings. The van der Waals surface area contributed by atoms with Crippen molar-refractivity contribution in [3.8, 4) is 0 Å². The van der Waals surface area contributed by atoms with Crippen molar-refractivity contribution in [2.45, 2.75) is 0 Å². The van der Waals surface area contributed by atoms with Gasteiger partial charge in [0.25, 0.3) is 0 Å². The quantitative estimate of drug-likeness (QED) is 0.796. The molecule has 0 aliphatic heterocycles. The van der Waals surface area contributed by atoms with Crippen LogP contribution in [-0.4, -0.2) is 15.0 Å². The van der Waals surface area contributed by atoms with E-state index >= 15 is 0 Å². The Bertz CT molecular complexity index is 757. The largest absolute Gasteiger partial charge is 0.368 e. The summed E-state index contributed by atoms with van der Waals surface area (Å²) in [5.74, 6) is 1.28. The van der Waals surface area contributed by atoms with Gasteiger partial charge in [0.15, 0.2) is 11.6 Å². The van der Waals surface area contributed by atoms with Crippen LogP contribution in [0.4, 0.5) is 5.95 Å². The molecule has 23 heavy (non-hydrogen) atoms. The molecule has 0 aliphatic carbocycles. The molecule has 3 aromatic rings. The number of rotatable bonds is 4. The molecule has 0 saturated carbocycles. The normalized spacial score (nSPS) is 11.3. The van der Waals surface area contributed by atoms with Crippen LogP contribution in [0.15, 0.2) is 60.7 Å². The number of nitrogens with two attached hydrogens (primary N) is 1. The summed E-state index contributed by atoms with van der Waals surface area (Å²) in [6.07, 6.45) is 7.54. The van der Waals surface area contributed by atoms with Crippen molar-refractivity contribution >= 4 is 30.3 Å². The van der Waals surface area contributed by atoms with E-state index in [4.69, 9.17) is 5.73 Å². The summed E-state index contributed by atoms with van der Waals surface area (Å²) in [6, 6.07) is 19.9. The molecule has 0 unspecified atom stereocenters. The molecule has 0 saturated heterocycles. The van der Waals surface area contributed by atoms with Gasteiger partial charge in [0.1, 0.15) is 0 Å². The van der Waals surface area contributed by atoms with Crippen LogP contribution in [0.3, 0.4) is 0 Å². The lowest BCUT2D eigenvalue weighted by molar-refractivity contribution is 1.02. The highest BCUT2D eigenvalue weighted by atomic mass is 15.1. The lowest BCUT2D eigenvalue weighted by Gasteiger charge is -1.99. The van der Waals surface area contributed by atoms with Crippen LogP contribution in [0.5, 0.6) is 0 Å². The average molecular weight is 300 g/mol. The summed E-state index contributed by atoms with van der Waals surface area (Å²) < 4.78 is 0. The number of nitrogen functional groups attached to an aromatic ring is 1. The first-order chi connectivity index (χ1) is 11.3. The predicted molar refractivity (Wildman–Crippen MR) is 95.0 cm³/mol. The minimum Gasteiger partial charge on any atom is -0.368 e. The zero-order valence-corrected chi connectivity index (χ0v) is 12.5. The smallest absolute Gasteiger partial charge is 0.224 e. The molecular weight excluding hydrogens is 284 g/mol. The van der Waals surface area contributed by atoms with E-state index in [2.05, 4.69) is 15.0 Å². The van der Waals surface area contributed by atoms with E-state index in [1.807, 2.05) is 85.0 Å². The summed E-state index contributed by atoms with van der Waals surface area (Å²) in [5, 5.41) is 0. The highest BCUT2D eigenvalue weighted by Crippen LogP contribution is 2.08. The maximum absolute atomic E-state index is 5.77. The average Bonchev–Trinajstić information content (AvgIpc) is 2.60. The van der Waals surface area contributed by atoms with Crippen LogP contribution in [0.25, 0.3) is 24.3 Å². The molecule has 0 radical (unpaired) electrons. The molecule has 2 N–H and O–H groups in total. The van der Waals surface area contributed by atoms with E-state index < -0.39 is 0 Å². The maximum Gasteiger partial charge on any atom is 0.224 e. The van der Waals surface area contributed by atoms with Crippen LogP contribution in [0, 0.1) is 0 Å². The van der Waals surface area contributed by atoms with E-state index in [0.29, 0.717) is 11.6 Å². The molecule has 0 aliphatic rings. The Labute approximate surface area is 135 Å². The van der Waals surface area contributed by atoms with Gasteiger partial charge in [-0.15, -0.1) is 0 Å². The Morgan fingerprint density at radius 2 is 1.00 bits per heavy atom. The van der Waals surface area contributed by atoms with Gasteiger partial charge in [0, 0.05) is 0 Å². The number of hydrogen-bond acceptors (Lipinski definition) is 4. The van der Waals surface area contributed by atoms with E-state index in [0.717, 1.165) is 11.1 Å². The van der Waals surface area contributed by atoms with E-state index in [1.54, 1.807) is 0 Å². The first-order valence-electron chi connectivity index (χ1n) is 7.27. The molecule has 0 bridgehead atoms. The maximum atomic E-state index is 5.77. The fraction of sp³-hybridized carbons (Fsp3) is 0. The van der Waals surface area contributed by atoms with Crippen LogP contribution in [0.2, 0.25) is 0 Å². The summed E-state index contributed by atoms with van der Waals surface area (Å²) >= 11 is 0. The second-order valence-electron chi connectivity index (χ2n) is 4.90. The number of anilines is 1. The molecule has 0 atom stereocenters. The van der Waals surface area contributed by atoms with Crippen LogP contribution < -0.4 is 5.73 Å². The van der Waals surface area contributed by atoms with Gasteiger partial charge in [-0.3, -0.25) is 0 Å². The molecule has 2 aromatic carbocycles. The van der Waals surface area contributed by atoms with Gasteiger partial charge >= 0.3 is 0 Å². The third kappa shape index (κ3) is 4.35. The van der Waals surface area contributed by atoms with Gasteiger partial charge in [-0.2, -0.15) is 9.97 Å². The number of hydrogen-bond donors (Lipinski definition) is 1. The van der Waals surface area contributed by atoms with Crippen LogP contribution in [0.1, 0.15) is 22.8 Å². The third-order valence-electron chi connectivity index (χ3n) is 3.14. The Morgan fingerprint density at radius 1 is 0.565 bits per heavy atom. The monoisotopic (exact) mass is 300 g/mol. The van der Waals surface area contributed by atoms with Crippen molar-refractivity contribution in [3.63, 3.8) is 0 Å². The number of benzene rings is 2. The molecule has 1 heterocycles. The van der Waals surface area contributed by atoms with Gasteiger partial charge in [0.2, 0.25) is 5.95 Å². The van der Waals surface area contributed by atoms with Crippen molar-refractivity contribution in [1.29, 1.82) is 0 Å². The van der Waals surface area contributed by atoms with Gasteiger partial charge < -0.3 is 5.73 Å². The second-order valence-corrected chi connectivity index (χ2v) is 4.90. The van der Waals surface area contributed by atoms with E-state index in [1.165, 1.54) is 0 Å². The minimum absolute atomic E-state index is 0.209. The number of aromatic nitrogens is 3. The van der Waals surface area contributed by atoms with Crippen molar-refractivity contribution < 1.29 is 0 Å². The van der Waals surface area contributed by atoms with Crippen LogP contribution >= 0.6 is 0 Å². The van der Waals surface area contributed by atoms with E-state index in [9.17, 15) is 0 Å². The molecular formula is C19H16N4. The molecule has 4 nitrogen and oxygen atoms in total. The molecule has 0 spiro atoms. The Hall–Kier alpha value is -3.27. The van der Waals surface area contributed by atoms with Crippen molar-refractivity contribution in [2.75, 3.05) is 5.73 Å². The molecule has 0 amide bonds. The Balaban J connectivity index is 1.82. The zero-order valence-electron chi connectivity index (χ0n) is 12.5. The lowest BCUT2D eigenvalue weighted by atomic mass is 10.2. The summed E-state index contributed by atoms with van der Waals surface area (Å²) in [6.45, 7) is 0. The van der Waals surface area contributed by atoms with Gasteiger partial charge in [0.05, 0.1) is 0 Å². The molecule has 3 rings (SSSR count). The fourth-order valence-electron chi connectivity index (χ4n) is 2.05. The summed E-state index contributed by atoms with van der Waals surface area (Å²) in [7, 11) is 0. The molecule has 112 valence electrons. The summed E-state index contributed by atoms with van der Waals surface area (Å²) in [4.78, 5) is 12.7. The van der Waals surface area contributed by atoms with Gasteiger partial charge in [-0.05, 0) is 23.3 Å². The number of nitrogens with zero attached hydrogens (tertiary/aromatic N) is 3. The molecule has 4 heteroatoms. The minimum atomic E-state index is 0.209. The second kappa shape index (κ2) is 7.13. The van der Waals surface area contributed by atoms with Crippen molar-refractivity contribution in [2.24, 2.45) is 0 Å². The highest BCUT2D eigenvalue weighted by Gasteiger charge is 1.99. The van der Waals surface area contributed by atoms with Crippen molar-refractivity contribution in [3.05, 3.63) is 83.4 Å². The van der Waals surface area contributed by atoms with Gasteiger partial charge in [-0.25, -0.2) is 4.98 Å². The zero-order chi connectivity index (χ0) is 15.9. The SMILES string of the molecule is Nc1nc(/C=C\c2ccccc2)nc(/C=C\c2ccccc2)n1. The van der Waals surface area contributed by atoms with Crippen LogP contribution in [-0.2, 0) is 0 Å². The fourth-order valence-corrected chi connectivity index (χ4v) is 2.05. The standard InChI is InChI=1S/C19H16N4/c20-19-22-17(13-11-15-7-3-1-4-8-15)21-18(23-19)14-12-16-9-5-2-6-10-16/h1-14H,(H2,20,21,22,23)/b13-11-,14-12-. The Morgan fingerprint density at radius 3 is 1.43 bits per heavy atom.